The number of carbonyl (C=O) groups is 2. The minimum atomic E-state index is -0.359. The second-order valence-electron chi connectivity index (χ2n) is 11.6. The Bertz CT molecular complexity index is 1260. The Morgan fingerprint density at radius 3 is 1.13 bits per heavy atom. The van der Waals surface area contributed by atoms with Gasteiger partial charge >= 0.3 is 11.9 Å². The molecule has 4 rings (SSSR count). The van der Waals surface area contributed by atoms with Crippen LogP contribution >= 0.6 is 0 Å². The number of carbonyl (C=O) groups excluding carboxylic acids is 2. The smallest absolute Gasteiger partial charge is 0.311 e. The van der Waals surface area contributed by atoms with Crippen molar-refractivity contribution in [3.05, 3.63) is 109 Å². The van der Waals surface area contributed by atoms with E-state index in [0.717, 1.165) is 22.3 Å². The van der Waals surface area contributed by atoms with Crippen LogP contribution in [0.15, 0.2) is 109 Å². The van der Waals surface area contributed by atoms with Crippen molar-refractivity contribution in [1.82, 2.24) is 0 Å². The summed E-state index contributed by atoms with van der Waals surface area (Å²) in [6.45, 7) is 8.12. The maximum absolute atomic E-state index is 12.7. The lowest BCUT2D eigenvalue weighted by molar-refractivity contribution is -0.137. The maximum Gasteiger partial charge on any atom is 0.311 e. The number of esters is 2. The first kappa shape index (κ1) is 27.8. The molecule has 0 heterocycles. The van der Waals surface area contributed by atoms with Gasteiger partial charge in [-0.25, -0.2) is 0 Å². The highest BCUT2D eigenvalue weighted by Crippen LogP contribution is 2.39. The van der Waals surface area contributed by atoms with Gasteiger partial charge < -0.3 is 9.47 Å². The normalized spacial score (nSPS) is 11.6. The number of benzene rings is 4. The molecule has 0 aromatic heterocycles. The van der Waals surface area contributed by atoms with Crippen LogP contribution in [0, 0.1) is 10.8 Å². The van der Waals surface area contributed by atoms with Gasteiger partial charge in [0.05, 0.1) is 12.8 Å². The summed E-state index contributed by atoms with van der Waals surface area (Å²) in [7, 11) is 0. The first-order valence-corrected chi connectivity index (χ1v) is 13.3. The predicted molar refractivity (Wildman–Crippen MR) is 156 cm³/mol. The van der Waals surface area contributed by atoms with Crippen molar-refractivity contribution in [3.8, 4) is 33.8 Å². The molecule has 0 atom stereocenters. The molecular weight excluding hydrogens is 484 g/mol. The zero-order chi connectivity index (χ0) is 27.9. The highest BCUT2D eigenvalue weighted by molar-refractivity contribution is 5.75. The van der Waals surface area contributed by atoms with Crippen LogP contribution in [-0.2, 0) is 9.59 Å². The third-order valence-electron chi connectivity index (χ3n) is 6.59. The molecule has 4 aromatic rings. The van der Waals surface area contributed by atoms with E-state index in [-0.39, 0.29) is 35.6 Å². The van der Waals surface area contributed by atoms with Crippen LogP contribution in [0.2, 0.25) is 0 Å². The number of hydrogen-bond acceptors (Lipinski definition) is 4. The van der Waals surface area contributed by atoms with Gasteiger partial charge in [-0.1, -0.05) is 113 Å². The summed E-state index contributed by atoms with van der Waals surface area (Å²) in [5, 5.41) is 0. The first-order valence-electron chi connectivity index (χ1n) is 13.3. The third-order valence-corrected chi connectivity index (χ3v) is 6.59. The Hall–Kier alpha value is -4.18. The van der Waals surface area contributed by atoms with Crippen LogP contribution in [0.1, 0.15) is 47.0 Å². The molecule has 0 amide bonds. The third kappa shape index (κ3) is 8.41. The summed E-state index contributed by atoms with van der Waals surface area (Å²) >= 11 is 0. The largest absolute Gasteiger partial charge is 0.427 e. The standard InChI is InChI=1S/C35H36O4/c1-34(2,23-32(36)38-30-19-15-28(16-20-30)26-11-7-5-8-12-26)25-35(3,4)24-33(37)39-31-21-17-29(18-22-31)27-13-9-6-10-14-27/h5-22H,23-25H2,1-4H3. The van der Waals surface area contributed by atoms with E-state index >= 15 is 0 Å². The van der Waals surface area contributed by atoms with E-state index in [0.29, 0.717) is 17.9 Å². The zero-order valence-corrected chi connectivity index (χ0v) is 23.1. The van der Waals surface area contributed by atoms with Crippen molar-refractivity contribution in [1.29, 1.82) is 0 Å². The highest BCUT2D eigenvalue weighted by Gasteiger charge is 2.33. The molecule has 39 heavy (non-hydrogen) atoms. The average molecular weight is 521 g/mol. The maximum atomic E-state index is 12.7. The van der Waals surface area contributed by atoms with E-state index in [2.05, 4.69) is 0 Å². The number of rotatable bonds is 10. The van der Waals surface area contributed by atoms with E-state index in [4.69, 9.17) is 9.47 Å². The summed E-state index contributed by atoms with van der Waals surface area (Å²) in [6.07, 6.45) is 1.14. The zero-order valence-electron chi connectivity index (χ0n) is 23.1. The van der Waals surface area contributed by atoms with Crippen LogP contribution in [0.25, 0.3) is 22.3 Å². The van der Waals surface area contributed by atoms with Gasteiger partial charge in [-0.05, 0) is 63.8 Å². The molecule has 200 valence electrons. The minimum absolute atomic E-state index is 0.243. The van der Waals surface area contributed by atoms with Gasteiger partial charge in [0.25, 0.3) is 0 Å². The highest BCUT2D eigenvalue weighted by atomic mass is 16.5. The fourth-order valence-corrected chi connectivity index (χ4v) is 5.23. The van der Waals surface area contributed by atoms with Crippen molar-refractivity contribution >= 4 is 11.9 Å². The average Bonchev–Trinajstić information content (AvgIpc) is 2.89. The lowest BCUT2D eigenvalue weighted by Crippen LogP contribution is -2.30. The predicted octanol–water partition coefficient (Wildman–Crippen LogP) is 8.75. The molecule has 0 unspecified atom stereocenters. The Morgan fingerprint density at radius 1 is 0.487 bits per heavy atom. The van der Waals surface area contributed by atoms with E-state index in [1.165, 1.54) is 0 Å². The molecule has 4 aromatic carbocycles. The SMILES string of the molecule is CC(C)(CC(=O)Oc1ccc(-c2ccccc2)cc1)CC(C)(C)CC(=O)Oc1ccc(-c2ccccc2)cc1. The molecule has 4 nitrogen and oxygen atoms in total. The van der Waals surface area contributed by atoms with Gasteiger partial charge in [0.2, 0.25) is 0 Å². The number of hydrogen-bond donors (Lipinski definition) is 0. The summed E-state index contributed by atoms with van der Waals surface area (Å²) in [5.41, 5.74) is 3.64. The molecular formula is C35H36O4. The van der Waals surface area contributed by atoms with Crippen LogP contribution < -0.4 is 9.47 Å². The molecule has 4 heteroatoms. The first-order chi connectivity index (χ1) is 18.6. The van der Waals surface area contributed by atoms with Gasteiger partial charge in [0, 0.05) is 0 Å². The molecule has 0 bridgehead atoms. The molecule has 0 radical (unpaired) electrons. The molecule has 0 aliphatic heterocycles. The Labute approximate surface area is 231 Å². The number of ether oxygens (including phenoxy) is 2. The summed E-state index contributed by atoms with van der Waals surface area (Å²) in [4.78, 5) is 25.5. The van der Waals surface area contributed by atoms with Crippen molar-refractivity contribution in [3.63, 3.8) is 0 Å². The molecule has 0 saturated carbocycles. The second-order valence-corrected chi connectivity index (χ2v) is 11.6. The fourth-order valence-electron chi connectivity index (χ4n) is 5.23. The van der Waals surface area contributed by atoms with Crippen LogP contribution in [0.3, 0.4) is 0 Å². The summed E-state index contributed by atoms with van der Waals surface area (Å²) < 4.78 is 11.3. The minimum Gasteiger partial charge on any atom is -0.427 e. The lowest BCUT2D eigenvalue weighted by atomic mass is 9.72. The Morgan fingerprint density at radius 2 is 0.795 bits per heavy atom. The quantitative estimate of drug-likeness (QED) is 0.155. The van der Waals surface area contributed by atoms with Crippen LogP contribution in [0.5, 0.6) is 11.5 Å². The monoisotopic (exact) mass is 520 g/mol. The lowest BCUT2D eigenvalue weighted by Gasteiger charge is -2.33. The molecule has 0 aliphatic rings. The van der Waals surface area contributed by atoms with E-state index < -0.39 is 0 Å². The Balaban J connectivity index is 1.27. The van der Waals surface area contributed by atoms with Crippen molar-refractivity contribution in [2.75, 3.05) is 0 Å². The van der Waals surface area contributed by atoms with Gasteiger partial charge in [-0.15, -0.1) is 0 Å². The summed E-state index contributed by atoms with van der Waals surface area (Å²) in [6, 6.07) is 35.2. The molecule has 0 fully saturated rings. The molecule has 0 N–H and O–H groups in total. The molecule has 0 saturated heterocycles. The topological polar surface area (TPSA) is 52.6 Å². The van der Waals surface area contributed by atoms with Crippen molar-refractivity contribution in [2.45, 2.75) is 47.0 Å². The fraction of sp³-hybridized carbons (Fsp3) is 0.257. The van der Waals surface area contributed by atoms with Crippen molar-refractivity contribution in [2.24, 2.45) is 10.8 Å². The van der Waals surface area contributed by atoms with Crippen molar-refractivity contribution < 1.29 is 19.1 Å². The molecule has 0 spiro atoms. The Kier molecular flexibility index (Phi) is 8.65. The van der Waals surface area contributed by atoms with Gasteiger partial charge in [0.1, 0.15) is 11.5 Å². The van der Waals surface area contributed by atoms with E-state index in [9.17, 15) is 9.59 Å². The molecule has 0 aliphatic carbocycles. The van der Waals surface area contributed by atoms with Crippen LogP contribution in [-0.4, -0.2) is 11.9 Å². The van der Waals surface area contributed by atoms with E-state index in [1.807, 2.05) is 137 Å². The van der Waals surface area contributed by atoms with Crippen LogP contribution in [0.4, 0.5) is 0 Å². The second kappa shape index (κ2) is 12.1. The van der Waals surface area contributed by atoms with Gasteiger partial charge in [0.15, 0.2) is 0 Å². The summed E-state index contributed by atoms with van der Waals surface area (Å²) in [5.74, 6) is 0.474. The van der Waals surface area contributed by atoms with Gasteiger partial charge in [-0.2, -0.15) is 0 Å². The van der Waals surface area contributed by atoms with Gasteiger partial charge in [-0.3, -0.25) is 9.59 Å². The van der Waals surface area contributed by atoms with E-state index in [1.54, 1.807) is 0 Å².